The van der Waals surface area contributed by atoms with E-state index in [-0.39, 0.29) is 5.54 Å². The van der Waals surface area contributed by atoms with Gasteiger partial charge >= 0.3 is 0 Å². The number of nitrogens with one attached hydrogen (secondary N) is 2. The lowest BCUT2D eigenvalue weighted by molar-refractivity contribution is 0.344. The highest BCUT2D eigenvalue weighted by molar-refractivity contribution is 5.86. The molecule has 26 heavy (non-hydrogen) atoms. The molecule has 0 spiro atoms. The van der Waals surface area contributed by atoms with E-state index in [9.17, 15) is 0 Å². The lowest BCUT2D eigenvalue weighted by Gasteiger charge is -2.46. The van der Waals surface area contributed by atoms with Gasteiger partial charge in [0.1, 0.15) is 5.75 Å². The average Bonchev–Trinajstić information content (AvgIpc) is 2.59. The third-order valence-electron chi connectivity index (χ3n) is 5.94. The van der Waals surface area contributed by atoms with Crippen molar-refractivity contribution in [1.82, 2.24) is 10.6 Å². The minimum Gasteiger partial charge on any atom is -0.496 e. The van der Waals surface area contributed by atoms with Crippen LogP contribution >= 0.6 is 0 Å². The van der Waals surface area contributed by atoms with Gasteiger partial charge in [0, 0.05) is 29.1 Å². The number of likely N-dealkylation sites (N-methyl/N-ethyl adjacent to an activating group) is 1. The lowest BCUT2D eigenvalue weighted by atomic mass is 9.67. The summed E-state index contributed by atoms with van der Waals surface area (Å²) < 4.78 is 5.73. The predicted octanol–water partition coefficient (Wildman–Crippen LogP) is 3.87. The van der Waals surface area contributed by atoms with Crippen LogP contribution in [-0.2, 0) is 6.42 Å². The average molecular weight is 351 g/mol. The SMILES string of the molecule is CCNC1Cc2cccc(OC)c2C2=C1C1C(C)=CC(C)(C)NC1C=C2. The lowest BCUT2D eigenvalue weighted by Crippen LogP contribution is -2.54. The number of rotatable bonds is 3. The van der Waals surface area contributed by atoms with Crippen LogP contribution in [0.2, 0.25) is 0 Å². The second-order valence-corrected chi connectivity index (χ2v) is 8.29. The molecule has 0 saturated heterocycles. The van der Waals surface area contributed by atoms with E-state index in [1.807, 2.05) is 0 Å². The molecule has 0 saturated carbocycles. The minimum atomic E-state index is 0.0333. The van der Waals surface area contributed by atoms with Crippen molar-refractivity contribution in [2.75, 3.05) is 13.7 Å². The summed E-state index contributed by atoms with van der Waals surface area (Å²) in [6.45, 7) is 9.98. The van der Waals surface area contributed by atoms with E-state index in [2.05, 4.69) is 74.8 Å². The van der Waals surface area contributed by atoms with Gasteiger partial charge < -0.3 is 15.4 Å². The smallest absolute Gasteiger partial charge is 0.126 e. The number of methoxy groups -OCH3 is 1. The third-order valence-corrected chi connectivity index (χ3v) is 5.94. The number of benzene rings is 1. The number of hydrogen-bond acceptors (Lipinski definition) is 3. The summed E-state index contributed by atoms with van der Waals surface area (Å²) in [5.41, 5.74) is 7.04. The van der Waals surface area contributed by atoms with E-state index in [4.69, 9.17) is 4.74 Å². The summed E-state index contributed by atoms with van der Waals surface area (Å²) in [6, 6.07) is 7.17. The van der Waals surface area contributed by atoms with Crippen molar-refractivity contribution in [3.05, 3.63) is 58.7 Å². The monoisotopic (exact) mass is 350 g/mol. The second kappa shape index (κ2) is 6.40. The summed E-state index contributed by atoms with van der Waals surface area (Å²) >= 11 is 0. The van der Waals surface area contributed by atoms with Crippen molar-refractivity contribution >= 4 is 5.57 Å². The maximum Gasteiger partial charge on any atom is 0.126 e. The highest BCUT2D eigenvalue weighted by Crippen LogP contribution is 2.47. The quantitative estimate of drug-likeness (QED) is 0.812. The first kappa shape index (κ1) is 17.6. The molecule has 0 aromatic heterocycles. The molecule has 2 N–H and O–H groups in total. The Morgan fingerprint density at radius 1 is 1.31 bits per heavy atom. The Bertz CT molecular complexity index is 815. The van der Waals surface area contributed by atoms with E-state index in [0.717, 1.165) is 18.7 Å². The highest BCUT2D eigenvalue weighted by atomic mass is 16.5. The maximum atomic E-state index is 5.73. The molecule has 3 nitrogen and oxygen atoms in total. The fourth-order valence-corrected chi connectivity index (χ4v) is 5.17. The van der Waals surface area contributed by atoms with Crippen LogP contribution < -0.4 is 15.4 Å². The van der Waals surface area contributed by atoms with Gasteiger partial charge in [-0.05, 0) is 56.5 Å². The Morgan fingerprint density at radius 2 is 2.12 bits per heavy atom. The zero-order valence-corrected chi connectivity index (χ0v) is 16.5. The van der Waals surface area contributed by atoms with Crippen LogP contribution in [0, 0.1) is 5.92 Å². The Hall–Kier alpha value is -1.84. The summed E-state index contributed by atoms with van der Waals surface area (Å²) in [6.07, 6.45) is 8.10. The summed E-state index contributed by atoms with van der Waals surface area (Å²) in [5.74, 6) is 1.39. The van der Waals surface area contributed by atoms with Crippen LogP contribution in [0.4, 0.5) is 0 Å². The van der Waals surface area contributed by atoms with Crippen LogP contribution in [0.1, 0.15) is 38.8 Å². The maximum absolute atomic E-state index is 5.73. The fraction of sp³-hybridized carbons (Fsp3) is 0.478. The molecule has 0 bridgehead atoms. The molecule has 3 aliphatic rings. The normalized spacial score (nSPS) is 28.8. The minimum absolute atomic E-state index is 0.0333. The van der Waals surface area contributed by atoms with Gasteiger partial charge in [0.25, 0.3) is 0 Å². The van der Waals surface area contributed by atoms with Gasteiger partial charge in [0.2, 0.25) is 0 Å². The van der Waals surface area contributed by atoms with Gasteiger partial charge in [-0.1, -0.05) is 42.9 Å². The molecule has 3 atom stereocenters. The molecular weight excluding hydrogens is 320 g/mol. The molecule has 0 amide bonds. The highest BCUT2D eigenvalue weighted by Gasteiger charge is 2.41. The van der Waals surface area contributed by atoms with Gasteiger partial charge in [-0.25, -0.2) is 0 Å². The van der Waals surface area contributed by atoms with Crippen molar-refractivity contribution in [3.8, 4) is 5.75 Å². The Balaban J connectivity index is 1.92. The largest absolute Gasteiger partial charge is 0.496 e. The first-order chi connectivity index (χ1) is 12.4. The van der Waals surface area contributed by atoms with Crippen LogP contribution in [0.5, 0.6) is 5.75 Å². The van der Waals surface area contributed by atoms with Crippen molar-refractivity contribution < 1.29 is 4.74 Å². The second-order valence-electron chi connectivity index (χ2n) is 8.29. The first-order valence-corrected chi connectivity index (χ1v) is 9.74. The zero-order chi connectivity index (χ0) is 18.5. The summed E-state index contributed by atoms with van der Waals surface area (Å²) in [4.78, 5) is 0. The topological polar surface area (TPSA) is 33.3 Å². The molecule has 138 valence electrons. The molecule has 3 unspecified atom stereocenters. The first-order valence-electron chi connectivity index (χ1n) is 9.74. The molecule has 0 fully saturated rings. The van der Waals surface area contributed by atoms with Crippen LogP contribution in [0.25, 0.3) is 5.57 Å². The Morgan fingerprint density at radius 3 is 2.85 bits per heavy atom. The number of allylic oxidation sites excluding steroid dienone is 2. The molecule has 1 aliphatic heterocycles. The van der Waals surface area contributed by atoms with Crippen molar-refractivity contribution in [1.29, 1.82) is 0 Å². The van der Waals surface area contributed by atoms with E-state index < -0.39 is 0 Å². The zero-order valence-electron chi connectivity index (χ0n) is 16.5. The van der Waals surface area contributed by atoms with Crippen molar-refractivity contribution in [2.45, 2.75) is 51.7 Å². The van der Waals surface area contributed by atoms with Gasteiger partial charge in [-0.3, -0.25) is 0 Å². The Labute approximate surface area is 157 Å². The van der Waals surface area contributed by atoms with Gasteiger partial charge in [-0.2, -0.15) is 0 Å². The van der Waals surface area contributed by atoms with E-state index in [1.54, 1.807) is 7.11 Å². The standard InChI is InChI=1S/C23H30N2O/c1-6-24-18-12-15-8-7-9-19(26-5)21(15)16-10-11-17-20(22(16)18)14(2)13-23(3,4)25-17/h7-11,13,17-18,20,24-25H,6,12H2,1-5H3. The molecule has 1 heterocycles. The predicted molar refractivity (Wildman–Crippen MR) is 108 cm³/mol. The number of hydrogen-bond donors (Lipinski definition) is 2. The van der Waals surface area contributed by atoms with Crippen LogP contribution in [-0.4, -0.2) is 31.3 Å². The van der Waals surface area contributed by atoms with Crippen molar-refractivity contribution in [3.63, 3.8) is 0 Å². The van der Waals surface area contributed by atoms with E-state index in [1.165, 1.54) is 27.8 Å². The van der Waals surface area contributed by atoms with Crippen LogP contribution in [0.3, 0.4) is 0 Å². The fourth-order valence-electron chi connectivity index (χ4n) is 5.17. The third kappa shape index (κ3) is 2.74. The van der Waals surface area contributed by atoms with Crippen LogP contribution in [0.15, 0.2) is 47.6 Å². The van der Waals surface area contributed by atoms with Gasteiger partial charge in [-0.15, -0.1) is 0 Å². The number of fused-ring (bicyclic) bond motifs is 4. The summed E-state index contributed by atoms with van der Waals surface area (Å²) in [5, 5.41) is 7.57. The summed E-state index contributed by atoms with van der Waals surface area (Å²) in [7, 11) is 1.78. The molecule has 2 aliphatic carbocycles. The molecule has 0 radical (unpaired) electrons. The van der Waals surface area contributed by atoms with Crippen molar-refractivity contribution in [2.24, 2.45) is 5.92 Å². The molecule has 1 aromatic carbocycles. The Kier molecular flexibility index (Phi) is 4.32. The van der Waals surface area contributed by atoms with E-state index in [0.29, 0.717) is 18.0 Å². The van der Waals surface area contributed by atoms with Gasteiger partial charge in [0.05, 0.1) is 7.11 Å². The molecular formula is C23H30N2O. The van der Waals surface area contributed by atoms with Gasteiger partial charge in [0.15, 0.2) is 0 Å². The molecule has 1 aromatic rings. The number of ether oxygens (including phenoxy) is 1. The van der Waals surface area contributed by atoms with E-state index >= 15 is 0 Å². The molecule has 4 rings (SSSR count). The molecule has 3 heteroatoms.